The zero-order chi connectivity index (χ0) is 13.1. The quantitative estimate of drug-likeness (QED) is 0.859. The number of rotatable bonds is 5. The van der Waals surface area contributed by atoms with Crippen molar-refractivity contribution in [2.24, 2.45) is 13.0 Å². The van der Waals surface area contributed by atoms with E-state index in [1.807, 2.05) is 29.5 Å². The van der Waals surface area contributed by atoms with Crippen LogP contribution in [0.5, 0.6) is 0 Å². The molecule has 18 heavy (non-hydrogen) atoms. The topological polar surface area (TPSA) is 60.6 Å². The summed E-state index contributed by atoms with van der Waals surface area (Å²) in [6.45, 7) is 5.91. The van der Waals surface area contributed by atoms with Gasteiger partial charge in [0.1, 0.15) is 11.4 Å². The van der Waals surface area contributed by atoms with E-state index in [1.165, 1.54) is 0 Å². The highest BCUT2D eigenvalue weighted by Gasteiger charge is 2.17. The number of hydrogen-bond donors (Lipinski definition) is 1. The van der Waals surface area contributed by atoms with Crippen LogP contribution in [-0.2, 0) is 20.1 Å². The van der Waals surface area contributed by atoms with Gasteiger partial charge in [-0.15, -0.1) is 5.10 Å². The van der Waals surface area contributed by atoms with Crippen LogP contribution in [0, 0.1) is 5.92 Å². The van der Waals surface area contributed by atoms with Gasteiger partial charge < -0.3 is 5.32 Å². The highest BCUT2D eigenvalue weighted by Crippen LogP contribution is 2.22. The maximum Gasteiger partial charge on any atom is 0.111 e. The minimum absolute atomic E-state index is 0.529. The Kier molecular flexibility index (Phi) is 3.76. The summed E-state index contributed by atoms with van der Waals surface area (Å²) < 4.78 is 3.82. The Labute approximate surface area is 107 Å². The van der Waals surface area contributed by atoms with Gasteiger partial charge in [-0.3, -0.25) is 4.68 Å². The Morgan fingerprint density at radius 2 is 2.17 bits per heavy atom. The van der Waals surface area contributed by atoms with E-state index in [-0.39, 0.29) is 0 Å². The summed E-state index contributed by atoms with van der Waals surface area (Å²) in [5.41, 5.74) is 3.06. The Bertz CT molecular complexity index is 510. The monoisotopic (exact) mass is 248 g/mol. The molecular formula is C12H20N6. The molecule has 0 amide bonds. The molecule has 0 unspecified atom stereocenters. The molecule has 1 N–H and O–H groups in total. The van der Waals surface area contributed by atoms with Crippen LogP contribution in [0.15, 0.2) is 12.3 Å². The predicted molar refractivity (Wildman–Crippen MR) is 69.8 cm³/mol. The van der Waals surface area contributed by atoms with Crippen LogP contribution in [0.2, 0.25) is 0 Å². The first-order chi connectivity index (χ1) is 8.63. The van der Waals surface area contributed by atoms with Crippen LogP contribution in [0.25, 0.3) is 11.4 Å². The van der Waals surface area contributed by atoms with Crippen LogP contribution in [0.1, 0.15) is 19.5 Å². The van der Waals surface area contributed by atoms with Crippen LogP contribution in [-0.4, -0.2) is 31.8 Å². The van der Waals surface area contributed by atoms with E-state index in [4.69, 9.17) is 0 Å². The molecule has 6 heteroatoms. The molecule has 2 rings (SSSR count). The van der Waals surface area contributed by atoms with E-state index in [0.717, 1.165) is 23.6 Å². The Balaban J connectivity index is 2.47. The van der Waals surface area contributed by atoms with Crippen molar-refractivity contribution in [1.29, 1.82) is 0 Å². The van der Waals surface area contributed by atoms with E-state index in [9.17, 15) is 0 Å². The van der Waals surface area contributed by atoms with E-state index in [1.54, 1.807) is 6.20 Å². The van der Waals surface area contributed by atoms with Crippen molar-refractivity contribution in [2.75, 3.05) is 7.05 Å². The summed E-state index contributed by atoms with van der Waals surface area (Å²) in [6.07, 6.45) is 1.80. The third kappa shape index (κ3) is 2.43. The lowest BCUT2D eigenvalue weighted by Gasteiger charge is -2.10. The summed E-state index contributed by atoms with van der Waals surface area (Å²) in [5.74, 6) is 0.529. The van der Waals surface area contributed by atoms with Gasteiger partial charge in [0, 0.05) is 26.3 Å². The molecule has 0 radical (unpaired) electrons. The van der Waals surface area contributed by atoms with Crippen molar-refractivity contribution in [3.8, 4) is 11.4 Å². The molecule has 0 saturated carbocycles. The largest absolute Gasteiger partial charge is 0.314 e. The van der Waals surface area contributed by atoms with Crippen molar-refractivity contribution in [2.45, 2.75) is 26.9 Å². The van der Waals surface area contributed by atoms with Gasteiger partial charge in [0.15, 0.2) is 0 Å². The summed E-state index contributed by atoms with van der Waals surface area (Å²) in [4.78, 5) is 0. The lowest BCUT2D eigenvalue weighted by Crippen LogP contribution is -2.11. The van der Waals surface area contributed by atoms with Crippen molar-refractivity contribution in [3.05, 3.63) is 18.0 Å². The molecule has 0 aromatic carbocycles. The molecule has 0 atom stereocenters. The molecule has 0 bridgehead atoms. The number of aromatic nitrogens is 5. The zero-order valence-electron chi connectivity index (χ0n) is 11.4. The molecule has 6 nitrogen and oxygen atoms in total. The van der Waals surface area contributed by atoms with Crippen molar-refractivity contribution >= 4 is 0 Å². The van der Waals surface area contributed by atoms with Crippen LogP contribution in [0.4, 0.5) is 0 Å². The van der Waals surface area contributed by atoms with E-state index >= 15 is 0 Å². The minimum Gasteiger partial charge on any atom is -0.314 e. The van der Waals surface area contributed by atoms with Crippen molar-refractivity contribution in [3.63, 3.8) is 0 Å². The van der Waals surface area contributed by atoms with Gasteiger partial charge in [0.2, 0.25) is 0 Å². The number of nitrogens with one attached hydrogen (secondary N) is 1. The lowest BCUT2D eigenvalue weighted by molar-refractivity contribution is 0.474. The van der Waals surface area contributed by atoms with E-state index in [0.29, 0.717) is 12.5 Å². The average molecular weight is 248 g/mol. The summed E-state index contributed by atoms with van der Waals surface area (Å²) in [7, 11) is 3.85. The molecule has 0 saturated heterocycles. The van der Waals surface area contributed by atoms with Gasteiger partial charge in [-0.25, -0.2) is 4.68 Å². The van der Waals surface area contributed by atoms with E-state index in [2.05, 4.69) is 34.6 Å². The maximum atomic E-state index is 4.27. The third-order valence-corrected chi connectivity index (χ3v) is 2.75. The second-order valence-corrected chi connectivity index (χ2v) is 4.83. The SMILES string of the molecule is CNCc1nnn(CC(C)C)c1-c1ccnn1C. The summed E-state index contributed by atoms with van der Waals surface area (Å²) in [5, 5.41) is 15.9. The smallest absolute Gasteiger partial charge is 0.111 e. The molecule has 2 aromatic heterocycles. The third-order valence-electron chi connectivity index (χ3n) is 2.75. The fourth-order valence-electron chi connectivity index (χ4n) is 2.00. The first kappa shape index (κ1) is 12.8. The summed E-state index contributed by atoms with van der Waals surface area (Å²) >= 11 is 0. The molecule has 2 aromatic rings. The molecule has 2 heterocycles. The standard InChI is InChI=1S/C12H20N6/c1-9(2)8-18-12(10(7-13-3)15-16-18)11-5-6-14-17(11)4/h5-6,9,13H,7-8H2,1-4H3. The second-order valence-electron chi connectivity index (χ2n) is 4.83. The first-order valence-electron chi connectivity index (χ1n) is 6.18. The maximum absolute atomic E-state index is 4.27. The van der Waals surface area contributed by atoms with Gasteiger partial charge in [0.25, 0.3) is 0 Å². The Morgan fingerprint density at radius 3 is 2.72 bits per heavy atom. The lowest BCUT2D eigenvalue weighted by atomic mass is 10.2. The molecule has 0 fully saturated rings. The Morgan fingerprint density at radius 1 is 1.39 bits per heavy atom. The van der Waals surface area contributed by atoms with Gasteiger partial charge in [-0.05, 0) is 19.0 Å². The number of nitrogens with zero attached hydrogens (tertiary/aromatic N) is 5. The van der Waals surface area contributed by atoms with Gasteiger partial charge >= 0.3 is 0 Å². The van der Waals surface area contributed by atoms with Gasteiger partial charge in [0.05, 0.1) is 5.69 Å². The fraction of sp³-hybridized carbons (Fsp3) is 0.583. The van der Waals surface area contributed by atoms with E-state index < -0.39 is 0 Å². The highest BCUT2D eigenvalue weighted by atomic mass is 15.4. The van der Waals surface area contributed by atoms with Gasteiger partial charge in [-0.1, -0.05) is 19.1 Å². The van der Waals surface area contributed by atoms with Crippen molar-refractivity contribution < 1.29 is 0 Å². The average Bonchev–Trinajstić information content (AvgIpc) is 2.86. The molecule has 0 aliphatic heterocycles. The zero-order valence-corrected chi connectivity index (χ0v) is 11.4. The summed E-state index contributed by atoms with van der Waals surface area (Å²) in [6, 6.07) is 1.99. The number of aryl methyl sites for hydroxylation is 1. The molecule has 0 aliphatic rings. The second kappa shape index (κ2) is 5.30. The Hall–Kier alpha value is -1.69. The highest BCUT2D eigenvalue weighted by molar-refractivity contribution is 5.57. The molecule has 0 spiro atoms. The molecule has 0 aliphatic carbocycles. The van der Waals surface area contributed by atoms with Crippen LogP contribution < -0.4 is 5.32 Å². The van der Waals surface area contributed by atoms with Crippen LogP contribution in [0.3, 0.4) is 0 Å². The van der Waals surface area contributed by atoms with Crippen LogP contribution >= 0.6 is 0 Å². The fourth-order valence-corrected chi connectivity index (χ4v) is 2.00. The minimum atomic E-state index is 0.529. The first-order valence-corrected chi connectivity index (χ1v) is 6.18. The molecular weight excluding hydrogens is 228 g/mol. The van der Waals surface area contributed by atoms with Crippen molar-refractivity contribution in [1.82, 2.24) is 30.1 Å². The number of hydrogen-bond acceptors (Lipinski definition) is 4. The normalized spacial score (nSPS) is 11.4. The molecule has 98 valence electrons. The predicted octanol–water partition coefficient (Wildman–Crippen LogP) is 1.05. The van der Waals surface area contributed by atoms with Gasteiger partial charge in [-0.2, -0.15) is 5.10 Å².